The lowest BCUT2D eigenvalue weighted by molar-refractivity contribution is -0.660. The van der Waals surface area contributed by atoms with E-state index in [1.165, 1.54) is 40.7 Å². The summed E-state index contributed by atoms with van der Waals surface area (Å²) in [6.07, 6.45) is 8.22. The van der Waals surface area contributed by atoms with E-state index in [0.717, 1.165) is 44.3 Å². The van der Waals surface area contributed by atoms with Gasteiger partial charge in [0.2, 0.25) is 5.69 Å². The van der Waals surface area contributed by atoms with Gasteiger partial charge < -0.3 is 4.42 Å². The zero-order valence-corrected chi connectivity index (χ0v) is 24.9. The Morgan fingerprint density at radius 2 is 1.46 bits per heavy atom. The molecule has 0 N–H and O–H groups in total. The fourth-order valence-corrected chi connectivity index (χ4v) is 6.82. The van der Waals surface area contributed by atoms with Gasteiger partial charge in [0.05, 0.1) is 5.56 Å². The number of benzene rings is 3. The molecule has 0 fully saturated rings. The highest BCUT2D eigenvalue weighted by molar-refractivity contribution is 6.14. The molecule has 3 heteroatoms. The Kier molecular flexibility index (Phi) is 5.73. The molecule has 0 saturated carbocycles. The fourth-order valence-electron chi connectivity index (χ4n) is 6.82. The van der Waals surface area contributed by atoms with Gasteiger partial charge in [0, 0.05) is 40.9 Å². The van der Waals surface area contributed by atoms with Gasteiger partial charge in [0.1, 0.15) is 18.2 Å². The molecule has 1 aliphatic carbocycles. The van der Waals surface area contributed by atoms with Gasteiger partial charge in [-0.05, 0) is 94.3 Å². The van der Waals surface area contributed by atoms with Gasteiger partial charge in [-0.25, -0.2) is 4.57 Å². The van der Waals surface area contributed by atoms with E-state index in [9.17, 15) is 0 Å². The molecule has 0 aliphatic heterocycles. The number of nitrogens with zero attached hydrogens (tertiary/aromatic N) is 2. The summed E-state index contributed by atoms with van der Waals surface area (Å²) in [5.41, 5.74) is 13.3. The summed E-state index contributed by atoms with van der Waals surface area (Å²) in [5, 5.41) is 2.28. The Labute approximate surface area is 242 Å². The van der Waals surface area contributed by atoms with Crippen LogP contribution in [-0.4, -0.2) is 4.98 Å². The van der Waals surface area contributed by atoms with Crippen molar-refractivity contribution in [2.24, 2.45) is 7.05 Å². The number of fused-ring (bicyclic) bond motifs is 4. The number of rotatable bonds is 3. The van der Waals surface area contributed by atoms with Crippen molar-refractivity contribution in [3.8, 4) is 33.5 Å². The van der Waals surface area contributed by atoms with Crippen LogP contribution in [0.15, 0.2) is 95.8 Å². The van der Waals surface area contributed by atoms with Gasteiger partial charge in [-0.1, -0.05) is 58.0 Å². The predicted octanol–water partition coefficient (Wildman–Crippen LogP) is 9.46. The lowest BCUT2D eigenvalue weighted by Crippen LogP contribution is -2.33. The summed E-state index contributed by atoms with van der Waals surface area (Å²) in [6.45, 7) is 11.7. The third kappa shape index (κ3) is 4.10. The zero-order chi connectivity index (χ0) is 28.5. The van der Waals surface area contributed by atoms with Crippen molar-refractivity contribution in [1.82, 2.24) is 4.98 Å². The Hall–Kier alpha value is -4.24. The molecule has 0 unspecified atom stereocenters. The van der Waals surface area contributed by atoms with Crippen molar-refractivity contribution in [3.63, 3.8) is 0 Å². The quantitative estimate of drug-likeness (QED) is 0.210. The maximum atomic E-state index is 6.96. The van der Waals surface area contributed by atoms with E-state index >= 15 is 0 Å². The molecule has 0 radical (unpaired) electrons. The standard InChI is InChI=1S/C38H37N2O/c1-24-10-12-28-30-22-27(25-14-18-39-19-15-25)21-29(35(30)41-36(28)34(24)33-9-7-8-20-40(33)6)26-11-13-31-32(23-26)38(4,5)17-16-37(31,2)3/h7-15,18-23H,16-17H2,1-6H3/q+1. The van der Waals surface area contributed by atoms with Gasteiger partial charge in [-0.15, -0.1) is 0 Å². The summed E-state index contributed by atoms with van der Waals surface area (Å²) in [7, 11) is 2.10. The maximum Gasteiger partial charge on any atom is 0.216 e. The maximum absolute atomic E-state index is 6.96. The predicted molar refractivity (Wildman–Crippen MR) is 169 cm³/mol. The molecule has 1 aliphatic rings. The molecule has 0 atom stereocenters. The summed E-state index contributed by atoms with van der Waals surface area (Å²) in [5.74, 6) is 0. The number of furan rings is 1. The third-order valence-corrected chi connectivity index (χ3v) is 9.44. The largest absolute Gasteiger partial charge is 0.454 e. The topological polar surface area (TPSA) is 29.9 Å². The van der Waals surface area contributed by atoms with E-state index in [4.69, 9.17) is 4.42 Å². The second kappa shape index (κ2) is 9.14. The third-order valence-electron chi connectivity index (χ3n) is 9.44. The number of aryl methyl sites for hydroxylation is 2. The van der Waals surface area contributed by atoms with Crippen molar-refractivity contribution < 1.29 is 8.98 Å². The average Bonchev–Trinajstić information content (AvgIpc) is 3.34. The highest BCUT2D eigenvalue weighted by Gasteiger charge is 2.37. The van der Waals surface area contributed by atoms with Crippen LogP contribution < -0.4 is 4.57 Å². The summed E-state index contributed by atoms with van der Waals surface area (Å²) in [6, 6.07) is 26.7. The number of hydrogen-bond acceptors (Lipinski definition) is 2. The molecular formula is C38H37N2O+. The second-order valence-corrected chi connectivity index (χ2v) is 13.1. The number of pyridine rings is 2. The van der Waals surface area contributed by atoms with Gasteiger partial charge in [0.25, 0.3) is 0 Å². The van der Waals surface area contributed by atoms with E-state index < -0.39 is 0 Å². The van der Waals surface area contributed by atoms with Crippen LogP contribution in [0.1, 0.15) is 57.2 Å². The Morgan fingerprint density at radius 1 is 0.707 bits per heavy atom. The minimum atomic E-state index is 0.128. The molecule has 3 nitrogen and oxygen atoms in total. The highest BCUT2D eigenvalue weighted by atomic mass is 16.3. The molecule has 3 heterocycles. The molecule has 0 saturated heterocycles. The van der Waals surface area contributed by atoms with Crippen molar-refractivity contribution in [2.75, 3.05) is 0 Å². The van der Waals surface area contributed by atoms with Crippen LogP contribution in [-0.2, 0) is 17.9 Å². The lowest BCUT2D eigenvalue weighted by atomic mass is 9.63. The number of hydrogen-bond donors (Lipinski definition) is 0. The minimum Gasteiger partial charge on any atom is -0.454 e. The minimum absolute atomic E-state index is 0.128. The van der Waals surface area contributed by atoms with Crippen LogP contribution in [0.25, 0.3) is 55.4 Å². The summed E-state index contributed by atoms with van der Waals surface area (Å²) < 4.78 is 9.13. The smallest absolute Gasteiger partial charge is 0.216 e. The first-order valence-corrected chi connectivity index (χ1v) is 14.6. The molecule has 6 aromatic rings. The molecular weight excluding hydrogens is 500 g/mol. The first kappa shape index (κ1) is 25.7. The number of aromatic nitrogens is 2. The molecule has 3 aromatic carbocycles. The van der Waals surface area contributed by atoms with E-state index in [1.54, 1.807) is 0 Å². The van der Waals surface area contributed by atoms with Gasteiger partial charge >= 0.3 is 0 Å². The van der Waals surface area contributed by atoms with Crippen LogP contribution in [0.3, 0.4) is 0 Å². The van der Waals surface area contributed by atoms with Crippen molar-refractivity contribution in [2.45, 2.75) is 58.3 Å². The Balaban J connectivity index is 1.56. The molecule has 0 spiro atoms. The monoisotopic (exact) mass is 537 g/mol. The molecule has 7 rings (SSSR count). The van der Waals surface area contributed by atoms with E-state index in [1.807, 2.05) is 12.4 Å². The van der Waals surface area contributed by atoms with Crippen LogP contribution >= 0.6 is 0 Å². The Morgan fingerprint density at radius 3 is 2.22 bits per heavy atom. The normalized spacial score (nSPS) is 15.8. The average molecular weight is 538 g/mol. The van der Waals surface area contributed by atoms with E-state index in [-0.39, 0.29) is 10.8 Å². The van der Waals surface area contributed by atoms with Crippen LogP contribution in [0, 0.1) is 6.92 Å². The van der Waals surface area contributed by atoms with E-state index in [2.05, 4.69) is 130 Å². The van der Waals surface area contributed by atoms with Crippen LogP contribution in [0.4, 0.5) is 0 Å². The van der Waals surface area contributed by atoms with Crippen molar-refractivity contribution >= 4 is 21.9 Å². The highest BCUT2D eigenvalue weighted by Crippen LogP contribution is 2.48. The second-order valence-electron chi connectivity index (χ2n) is 13.1. The van der Waals surface area contributed by atoms with Gasteiger partial charge in [-0.2, -0.15) is 0 Å². The molecule has 41 heavy (non-hydrogen) atoms. The van der Waals surface area contributed by atoms with Crippen LogP contribution in [0.5, 0.6) is 0 Å². The molecule has 0 amide bonds. The zero-order valence-electron chi connectivity index (χ0n) is 24.9. The first-order chi connectivity index (χ1) is 19.6. The first-order valence-electron chi connectivity index (χ1n) is 14.6. The SMILES string of the molecule is Cc1ccc2c(oc3c(-c4ccc5c(c4)C(C)(C)CCC5(C)C)cc(-c4ccncc4)cc32)c1-c1cccc[n+]1C. The lowest BCUT2D eigenvalue weighted by Gasteiger charge is -2.42. The van der Waals surface area contributed by atoms with Crippen molar-refractivity contribution in [1.29, 1.82) is 0 Å². The van der Waals surface area contributed by atoms with Gasteiger partial charge in [-0.3, -0.25) is 4.98 Å². The summed E-state index contributed by atoms with van der Waals surface area (Å²) in [4.78, 5) is 4.27. The fraction of sp³-hybridized carbons (Fsp3) is 0.263. The molecule has 3 aromatic heterocycles. The summed E-state index contributed by atoms with van der Waals surface area (Å²) >= 11 is 0. The van der Waals surface area contributed by atoms with E-state index in [0.29, 0.717) is 0 Å². The van der Waals surface area contributed by atoms with Gasteiger partial charge in [0.15, 0.2) is 6.20 Å². The Bertz CT molecular complexity index is 1960. The van der Waals surface area contributed by atoms with Crippen LogP contribution in [0.2, 0.25) is 0 Å². The molecule has 204 valence electrons. The molecule has 0 bridgehead atoms. The van der Waals surface area contributed by atoms with Crippen molar-refractivity contribution in [3.05, 3.63) is 108 Å².